The van der Waals surface area contributed by atoms with Crippen molar-refractivity contribution in [3.8, 4) is 11.1 Å². The predicted octanol–water partition coefficient (Wildman–Crippen LogP) is 2.48. The summed E-state index contributed by atoms with van der Waals surface area (Å²) in [6, 6.07) is 10.1. The fraction of sp³-hybridized carbons (Fsp3) is 0.0667. The Labute approximate surface area is 113 Å². The molecule has 0 aliphatic rings. The lowest BCUT2D eigenvalue weighted by atomic mass is 10.0. The second kappa shape index (κ2) is 3.84. The molecule has 0 saturated carbocycles. The first-order chi connectivity index (χ1) is 9.74. The van der Waals surface area contributed by atoms with Crippen LogP contribution in [0, 0.1) is 6.92 Å². The topological polar surface area (TPSA) is 65.9 Å². The molecule has 0 spiro atoms. The zero-order valence-electron chi connectivity index (χ0n) is 10.8. The summed E-state index contributed by atoms with van der Waals surface area (Å²) < 4.78 is 1.61. The summed E-state index contributed by atoms with van der Waals surface area (Å²) in [6.45, 7) is 2.03. The quantitative estimate of drug-likeness (QED) is 0.554. The normalized spacial score (nSPS) is 11.4. The van der Waals surface area contributed by atoms with Gasteiger partial charge in [0.05, 0.1) is 5.52 Å². The number of aromatic nitrogens is 4. The van der Waals surface area contributed by atoms with Crippen LogP contribution in [0.4, 0.5) is 0 Å². The van der Waals surface area contributed by atoms with Gasteiger partial charge in [-0.3, -0.25) is 0 Å². The van der Waals surface area contributed by atoms with Gasteiger partial charge in [-0.2, -0.15) is 5.10 Å². The molecule has 3 heterocycles. The van der Waals surface area contributed by atoms with Gasteiger partial charge in [-0.15, -0.1) is 0 Å². The van der Waals surface area contributed by atoms with Gasteiger partial charge in [0.1, 0.15) is 0 Å². The number of rotatable bonds is 1. The van der Waals surface area contributed by atoms with Gasteiger partial charge < -0.3 is 4.98 Å². The average Bonchev–Trinajstić information content (AvgIpc) is 3.09. The molecule has 20 heavy (non-hydrogen) atoms. The minimum atomic E-state index is -0.212. The minimum Gasteiger partial charge on any atom is -0.367 e. The summed E-state index contributed by atoms with van der Waals surface area (Å²) in [5.74, 6) is 0. The van der Waals surface area contributed by atoms with Crippen molar-refractivity contribution in [2.45, 2.75) is 6.92 Å². The first-order valence-corrected chi connectivity index (χ1v) is 6.38. The van der Waals surface area contributed by atoms with Crippen molar-refractivity contribution < 1.29 is 0 Å². The van der Waals surface area contributed by atoms with Crippen molar-refractivity contribution in [2.75, 3.05) is 0 Å². The van der Waals surface area contributed by atoms with E-state index in [1.54, 1.807) is 4.40 Å². The van der Waals surface area contributed by atoms with Gasteiger partial charge >= 0.3 is 5.69 Å². The molecular formula is C15H12N4O. The molecule has 0 aliphatic heterocycles. The zero-order chi connectivity index (χ0) is 13.7. The molecule has 0 amide bonds. The largest absolute Gasteiger partial charge is 0.367 e. The summed E-state index contributed by atoms with van der Waals surface area (Å²) in [6.07, 6.45) is 3.82. The van der Waals surface area contributed by atoms with Gasteiger partial charge in [-0.25, -0.2) is 14.3 Å². The van der Waals surface area contributed by atoms with E-state index >= 15 is 0 Å². The van der Waals surface area contributed by atoms with Crippen LogP contribution in [0.25, 0.3) is 27.7 Å². The van der Waals surface area contributed by atoms with Gasteiger partial charge in [0, 0.05) is 17.8 Å². The summed E-state index contributed by atoms with van der Waals surface area (Å²) in [4.78, 5) is 15.0. The van der Waals surface area contributed by atoms with Crippen molar-refractivity contribution in [3.05, 3.63) is 58.8 Å². The SMILES string of the molecule is Cc1cc2n[nH]c(=O)n2c2cc(-c3cc[nH]c3)ccc12. The molecule has 0 aliphatic carbocycles. The van der Waals surface area contributed by atoms with E-state index in [-0.39, 0.29) is 5.69 Å². The Morgan fingerprint density at radius 1 is 1.15 bits per heavy atom. The van der Waals surface area contributed by atoms with Crippen LogP contribution >= 0.6 is 0 Å². The van der Waals surface area contributed by atoms with Crippen LogP contribution in [0.3, 0.4) is 0 Å². The summed E-state index contributed by atoms with van der Waals surface area (Å²) >= 11 is 0. The third-order valence-corrected chi connectivity index (χ3v) is 3.64. The number of nitrogens with one attached hydrogen (secondary N) is 2. The molecule has 0 unspecified atom stereocenters. The molecule has 0 radical (unpaired) electrons. The van der Waals surface area contributed by atoms with Crippen LogP contribution in [-0.4, -0.2) is 19.6 Å². The molecule has 0 atom stereocenters. The summed E-state index contributed by atoms with van der Waals surface area (Å²) in [5, 5.41) is 7.60. The van der Waals surface area contributed by atoms with E-state index in [0.29, 0.717) is 5.65 Å². The third-order valence-electron chi connectivity index (χ3n) is 3.64. The first-order valence-electron chi connectivity index (χ1n) is 6.38. The lowest BCUT2D eigenvalue weighted by Crippen LogP contribution is -2.10. The van der Waals surface area contributed by atoms with Crippen molar-refractivity contribution >= 4 is 16.6 Å². The fourth-order valence-electron chi connectivity index (χ4n) is 2.64. The van der Waals surface area contributed by atoms with Crippen molar-refractivity contribution in [2.24, 2.45) is 0 Å². The van der Waals surface area contributed by atoms with Crippen LogP contribution in [-0.2, 0) is 0 Å². The van der Waals surface area contributed by atoms with Gasteiger partial charge in [-0.1, -0.05) is 12.1 Å². The second-order valence-electron chi connectivity index (χ2n) is 4.88. The molecule has 98 valence electrons. The third kappa shape index (κ3) is 1.43. The molecule has 5 heteroatoms. The predicted molar refractivity (Wildman–Crippen MR) is 77.8 cm³/mol. The number of pyridine rings is 1. The molecule has 0 bridgehead atoms. The van der Waals surface area contributed by atoms with Crippen molar-refractivity contribution in [1.29, 1.82) is 0 Å². The number of aryl methyl sites for hydroxylation is 1. The summed E-state index contributed by atoms with van der Waals surface area (Å²) in [7, 11) is 0. The zero-order valence-corrected chi connectivity index (χ0v) is 10.8. The number of benzene rings is 1. The second-order valence-corrected chi connectivity index (χ2v) is 4.88. The maximum Gasteiger partial charge on any atom is 0.348 e. The Hall–Kier alpha value is -2.82. The van der Waals surface area contributed by atoms with Gasteiger partial charge in [0.15, 0.2) is 5.65 Å². The van der Waals surface area contributed by atoms with E-state index in [0.717, 1.165) is 27.6 Å². The number of hydrogen-bond acceptors (Lipinski definition) is 2. The maximum absolute atomic E-state index is 11.9. The number of aromatic amines is 2. The first kappa shape index (κ1) is 11.0. The highest BCUT2D eigenvalue weighted by Gasteiger charge is 2.09. The van der Waals surface area contributed by atoms with Crippen LogP contribution in [0.1, 0.15) is 5.56 Å². The molecule has 5 nitrogen and oxygen atoms in total. The number of hydrogen-bond donors (Lipinski definition) is 2. The molecule has 0 saturated heterocycles. The number of nitrogens with zero attached hydrogens (tertiary/aromatic N) is 2. The molecule has 4 rings (SSSR count). The molecule has 3 aromatic heterocycles. The highest BCUT2D eigenvalue weighted by Crippen LogP contribution is 2.26. The van der Waals surface area contributed by atoms with Crippen molar-refractivity contribution in [3.63, 3.8) is 0 Å². The van der Waals surface area contributed by atoms with Gasteiger partial charge in [0.2, 0.25) is 0 Å². The van der Waals surface area contributed by atoms with Gasteiger partial charge in [0.25, 0.3) is 0 Å². The Balaban J connectivity index is 2.17. The molecular weight excluding hydrogens is 252 g/mol. The molecule has 1 aromatic carbocycles. The lowest BCUT2D eigenvalue weighted by molar-refractivity contribution is 1.04. The Morgan fingerprint density at radius 2 is 2.05 bits per heavy atom. The van der Waals surface area contributed by atoms with E-state index in [4.69, 9.17) is 0 Å². The van der Waals surface area contributed by atoms with E-state index < -0.39 is 0 Å². The highest BCUT2D eigenvalue weighted by molar-refractivity contribution is 5.89. The van der Waals surface area contributed by atoms with E-state index in [1.807, 2.05) is 43.6 Å². The van der Waals surface area contributed by atoms with Crippen molar-refractivity contribution in [1.82, 2.24) is 19.6 Å². The Kier molecular flexibility index (Phi) is 2.12. The smallest absolute Gasteiger partial charge is 0.348 e. The Bertz CT molecular complexity index is 976. The van der Waals surface area contributed by atoms with E-state index in [9.17, 15) is 4.79 Å². The molecule has 4 aromatic rings. The average molecular weight is 264 g/mol. The van der Waals surface area contributed by atoms with Crippen LogP contribution < -0.4 is 5.69 Å². The maximum atomic E-state index is 11.9. The van der Waals surface area contributed by atoms with E-state index in [2.05, 4.69) is 21.2 Å². The van der Waals surface area contributed by atoms with Crippen LogP contribution in [0.15, 0.2) is 47.5 Å². The highest BCUT2D eigenvalue weighted by atomic mass is 16.1. The number of H-pyrrole nitrogens is 2. The lowest BCUT2D eigenvalue weighted by Gasteiger charge is -2.06. The molecule has 2 N–H and O–H groups in total. The monoisotopic (exact) mass is 264 g/mol. The van der Waals surface area contributed by atoms with E-state index in [1.165, 1.54) is 0 Å². The standard InChI is InChI=1S/C15H12N4O/c1-9-6-14-17-18-15(20)19(14)13-7-10(2-3-12(9)13)11-4-5-16-8-11/h2-8,16H,1H3,(H,18,20). The number of fused-ring (bicyclic) bond motifs is 3. The van der Waals surface area contributed by atoms with Crippen LogP contribution in [0.5, 0.6) is 0 Å². The van der Waals surface area contributed by atoms with Gasteiger partial charge in [-0.05, 0) is 41.8 Å². The van der Waals surface area contributed by atoms with Crippen LogP contribution in [0.2, 0.25) is 0 Å². The fourth-order valence-corrected chi connectivity index (χ4v) is 2.64. The molecule has 0 fully saturated rings. The minimum absolute atomic E-state index is 0.212. The summed E-state index contributed by atoms with van der Waals surface area (Å²) in [5.41, 5.74) is 4.57. The Morgan fingerprint density at radius 3 is 2.85 bits per heavy atom.